The molecule has 0 spiro atoms. The Labute approximate surface area is 218 Å². The summed E-state index contributed by atoms with van der Waals surface area (Å²) in [6.45, 7) is 0.650. The standard InChI is InChI=1S/C27H34N4O3S2/c1-35-19-15-26(31-36(33,34)21-23-10-6-3-7-11-23)27(32)30-25(20-22-8-4-2-5-9-22)14-18-29-24-12-16-28-17-13-24/h2-13,16-17,25-26,31H,14-15,18-21H2,1H3,(H,28,29)(H,30,32)/t25-,26?/m1/s1. The molecule has 2 aromatic carbocycles. The smallest absolute Gasteiger partial charge is 0.238 e. The highest BCUT2D eigenvalue weighted by molar-refractivity contribution is 7.98. The van der Waals surface area contributed by atoms with Gasteiger partial charge in [0.2, 0.25) is 15.9 Å². The van der Waals surface area contributed by atoms with Crippen molar-refractivity contribution < 1.29 is 13.2 Å². The van der Waals surface area contributed by atoms with Crippen LogP contribution in [0.4, 0.5) is 5.69 Å². The van der Waals surface area contributed by atoms with E-state index in [2.05, 4.69) is 20.3 Å². The number of carbonyl (C=O) groups is 1. The van der Waals surface area contributed by atoms with E-state index in [9.17, 15) is 13.2 Å². The van der Waals surface area contributed by atoms with E-state index in [-0.39, 0.29) is 17.7 Å². The number of hydrogen-bond acceptors (Lipinski definition) is 6. The molecule has 1 aromatic heterocycles. The molecule has 0 aliphatic rings. The van der Waals surface area contributed by atoms with Crippen molar-refractivity contribution in [3.05, 3.63) is 96.3 Å². The molecule has 2 atom stereocenters. The fourth-order valence-corrected chi connectivity index (χ4v) is 5.66. The first-order valence-corrected chi connectivity index (χ1v) is 15.0. The zero-order valence-electron chi connectivity index (χ0n) is 20.5. The largest absolute Gasteiger partial charge is 0.385 e. The van der Waals surface area contributed by atoms with Crippen LogP contribution >= 0.6 is 11.8 Å². The average molecular weight is 527 g/mol. The Morgan fingerprint density at radius 2 is 1.56 bits per heavy atom. The number of aromatic nitrogens is 1. The second-order valence-electron chi connectivity index (χ2n) is 8.54. The molecule has 0 saturated carbocycles. The lowest BCUT2D eigenvalue weighted by Gasteiger charge is -2.24. The van der Waals surface area contributed by atoms with Gasteiger partial charge in [0, 0.05) is 30.7 Å². The normalized spacial score (nSPS) is 13.0. The van der Waals surface area contributed by atoms with Crippen LogP contribution < -0.4 is 15.4 Å². The predicted octanol–water partition coefficient (Wildman–Crippen LogP) is 3.85. The minimum atomic E-state index is -3.70. The molecule has 1 heterocycles. The SMILES string of the molecule is CSCCC(NS(=O)(=O)Cc1ccccc1)C(=O)N[C@H](CCNc1ccncc1)Cc1ccccc1. The Morgan fingerprint density at radius 1 is 0.917 bits per heavy atom. The number of benzene rings is 2. The Hall–Kier alpha value is -2.88. The summed E-state index contributed by atoms with van der Waals surface area (Å²) in [5, 5.41) is 6.48. The van der Waals surface area contributed by atoms with E-state index in [0.29, 0.717) is 37.1 Å². The van der Waals surface area contributed by atoms with Gasteiger partial charge in [0.15, 0.2) is 0 Å². The van der Waals surface area contributed by atoms with E-state index < -0.39 is 16.1 Å². The molecule has 1 unspecified atom stereocenters. The molecule has 36 heavy (non-hydrogen) atoms. The van der Waals surface area contributed by atoms with Gasteiger partial charge in [-0.15, -0.1) is 0 Å². The van der Waals surface area contributed by atoms with E-state index in [1.165, 1.54) is 0 Å². The molecule has 0 aliphatic carbocycles. The third-order valence-corrected chi connectivity index (χ3v) is 7.62. The Morgan fingerprint density at radius 3 is 2.19 bits per heavy atom. The summed E-state index contributed by atoms with van der Waals surface area (Å²) in [6.07, 6.45) is 7.13. The molecule has 0 aliphatic heterocycles. The summed E-state index contributed by atoms with van der Waals surface area (Å²) in [7, 11) is -3.70. The highest BCUT2D eigenvalue weighted by Crippen LogP contribution is 2.11. The van der Waals surface area contributed by atoms with Crippen molar-refractivity contribution in [3.63, 3.8) is 0 Å². The quantitative estimate of drug-likeness (QED) is 0.278. The molecule has 0 fully saturated rings. The van der Waals surface area contributed by atoms with E-state index in [1.54, 1.807) is 48.4 Å². The van der Waals surface area contributed by atoms with E-state index in [0.717, 1.165) is 11.3 Å². The van der Waals surface area contributed by atoms with Crippen molar-refractivity contribution >= 4 is 33.4 Å². The number of nitrogens with one attached hydrogen (secondary N) is 3. The molecule has 3 N–H and O–H groups in total. The van der Waals surface area contributed by atoms with Crippen molar-refractivity contribution in [2.75, 3.05) is 23.9 Å². The maximum Gasteiger partial charge on any atom is 0.238 e. The van der Waals surface area contributed by atoms with Gasteiger partial charge in [-0.2, -0.15) is 11.8 Å². The Bertz CT molecular complexity index is 1150. The van der Waals surface area contributed by atoms with Crippen LogP contribution in [0, 0.1) is 0 Å². The monoisotopic (exact) mass is 526 g/mol. The van der Waals surface area contributed by atoms with Gasteiger partial charge in [-0.25, -0.2) is 13.1 Å². The lowest BCUT2D eigenvalue weighted by molar-refractivity contribution is -0.123. The molecule has 3 aromatic rings. The molecule has 7 nitrogen and oxygen atoms in total. The summed E-state index contributed by atoms with van der Waals surface area (Å²) in [4.78, 5) is 17.4. The molecule has 0 radical (unpaired) electrons. The first-order chi connectivity index (χ1) is 17.4. The average Bonchev–Trinajstić information content (AvgIpc) is 2.88. The molecular weight excluding hydrogens is 492 g/mol. The van der Waals surface area contributed by atoms with E-state index in [4.69, 9.17) is 0 Å². The minimum Gasteiger partial charge on any atom is -0.385 e. The molecule has 1 amide bonds. The van der Waals surface area contributed by atoms with Crippen LogP contribution in [0.5, 0.6) is 0 Å². The zero-order valence-corrected chi connectivity index (χ0v) is 22.1. The van der Waals surface area contributed by atoms with Gasteiger partial charge in [0.1, 0.15) is 6.04 Å². The van der Waals surface area contributed by atoms with Crippen LogP contribution in [0.25, 0.3) is 0 Å². The van der Waals surface area contributed by atoms with Crippen LogP contribution in [0.3, 0.4) is 0 Å². The molecule has 0 bridgehead atoms. The number of pyridine rings is 1. The topological polar surface area (TPSA) is 100 Å². The molecule has 9 heteroatoms. The van der Waals surface area contributed by atoms with Crippen LogP contribution in [-0.4, -0.2) is 49.9 Å². The van der Waals surface area contributed by atoms with Gasteiger partial charge < -0.3 is 10.6 Å². The number of sulfonamides is 1. The summed E-state index contributed by atoms with van der Waals surface area (Å²) in [5.41, 5.74) is 2.75. The highest BCUT2D eigenvalue weighted by Gasteiger charge is 2.26. The minimum absolute atomic E-state index is 0.162. The van der Waals surface area contributed by atoms with Crippen molar-refractivity contribution in [1.82, 2.24) is 15.0 Å². The van der Waals surface area contributed by atoms with Crippen LogP contribution in [0.1, 0.15) is 24.0 Å². The Kier molecular flexibility index (Phi) is 11.3. The third-order valence-electron chi connectivity index (χ3n) is 5.62. The molecule has 3 rings (SSSR count). The summed E-state index contributed by atoms with van der Waals surface area (Å²) in [6, 6.07) is 21.7. The van der Waals surface area contributed by atoms with Gasteiger partial charge in [0.25, 0.3) is 0 Å². The zero-order chi connectivity index (χ0) is 25.6. The summed E-state index contributed by atoms with van der Waals surface area (Å²) in [5.74, 6) is 0.199. The number of anilines is 1. The lowest BCUT2D eigenvalue weighted by Crippen LogP contribution is -2.50. The third kappa shape index (κ3) is 10.0. The van der Waals surface area contributed by atoms with Crippen LogP contribution in [0.15, 0.2) is 85.2 Å². The second-order valence-corrected chi connectivity index (χ2v) is 11.3. The number of nitrogens with zero attached hydrogens (tertiary/aromatic N) is 1. The fraction of sp³-hybridized carbons (Fsp3) is 0.333. The number of hydrogen-bond donors (Lipinski definition) is 3. The maximum atomic E-state index is 13.3. The molecular formula is C27H34N4O3S2. The predicted molar refractivity (Wildman–Crippen MR) is 148 cm³/mol. The van der Waals surface area contributed by atoms with Crippen molar-refractivity contribution in [2.24, 2.45) is 0 Å². The molecule has 0 saturated heterocycles. The lowest BCUT2D eigenvalue weighted by atomic mass is 10.0. The van der Waals surface area contributed by atoms with Crippen LogP contribution in [0.2, 0.25) is 0 Å². The first kappa shape index (κ1) is 27.7. The first-order valence-electron chi connectivity index (χ1n) is 12.0. The van der Waals surface area contributed by atoms with Crippen molar-refractivity contribution in [2.45, 2.75) is 37.1 Å². The maximum absolute atomic E-state index is 13.3. The van der Waals surface area contributed by atoms with Gasteiger partial charge in [-0.05, 0) is 54.5 Å². The van der Waals surface area contributed by atoms with E-state index >= 15 is 0 Å². The fourth-order valence-electron chi connectivity index (χ4n) is 3.82. The van der Waals surface area contributed by atoms with Gasteiger partial charge >= 0.3 is 0 Å². The van der Waals surface area contributed by atoms with E-state index in [1.807, 2.05) is 54.8 Å². The highest BCUT2D eigenvalue weighted by atomic mass is 32.2. The van der Waals surface area contributed by atoms with Crippen LogP contribution in [-0.2, 0) is 27.0 Å². The van der Waals surface area contributed by atoms with Crippen molar-refractivity contribution in [1.29, 1.82) is 0 Å². The number of rotatable bonds is 15. The van der Waals surface area contributed by atoms with Gasteiger partial charge in [0.05, 0.1) is 5.75 Å². The molecule has 192 valence electrons. The number of amides is 1. The Balaban J connectivity index is 1.67. The van der Waals surface area contributed by atoms with Crippen molar-refractivity contribution in [3.8, 4) is 0 Å². The number of thioether (sulfide) groups is 1. The van der Waals surface area contributed by atoms with Gasteiger partial charge in [-0.1, -0.05) is 60.7 Å². The second kappa shape index (κ2) is 14.6. The number of carbonyl (C=O) groups excluding carboxylic acids is 1. The van der Waals surface area contributed by atoms with Gasteiger partial charge in [-0.3, -0.25) is 9.78 Å². The summed E-state index contributed by atoms with van der Waals surface area (Å²) >= 11 is 1.58. The summed E-state index contributed by atoms with van der Waals surface area (Å²) < 4.78 is 28.4.